The SMILES string of the molecule is O=C(CCc1csc(-c2ccncc2)n1)NCC(=O)N1CCc2ccccc21. The summed E-state index contributed by atoms with van der Waals surface area (Å²) < 4.78 is 0. The number of benzene rings is 1. The lowest BCUT2D eigenvalue weighted by Crippen LogP contribution is -2.39. The number of thiazole rings is 1. The molecule has 1 aliphatic rings. The number of hydrogen-bond acceptors (Lipinski definition) is 5. The highest BCUT2D eigenvalue weighted by Gasteiger charge is 2.24. The highest BCUT2D eigenvalue weighted by Crippen LogP contribution is 2.27. The third-order valence-electron chi connectivity index (χ3n) is 4.71. The summed E-state index contributed by atoms with van der Waals surface area (Å²) in [5.74, 6) is -0.216. The highest BCUT2D eigenvalue weighted by atomic mass is 32.1. The van der Waals surface area contributed by atoms with Crippen molar-refractivity contribution in [2.75, 3.05) is 18.0 Å². The van der Waals surface area contributed by atoms with Crippen LogP contribution in [0.5, 0.6) is 0 Å². The smallest absolute Gasteiger partial charge is 0.246 e. The lowest BCUT2D eigenvalue weighted by Gasteiger charge is -2.17. The van der Waals surface area contributed by atoms with Gasteiger partial charge in [-0.3, -0.25) is 14.6 Å². The van der Waals surface area contributed by atoms with Crippen molar-refractivity contribution in [2.45, 2.75) is 19.3 Å². The molecule has 1 aliphatic heterocycles. The number of nitrogens with zero attached hydrogens (tertiary/aromatic N) is 3. The number of rotatable bonds is 6. The Morgan fingerprint density at radius 2 is 1.96 bits per heavy atom. The second kappa shape index (κ2) is 8.31. The van der Waals surface area contributed by atoms with E-state index in [9.17, 15) is 9.59 Å². The van der Waals surface area contributed by atoms with Crippen LogP contribution in [0.3, 0.4) is 0 Å². The van der Waals surface area contributed by atoms with Gasteiger partial charge >= 0.3 is 0 Å². The van der Waals surface area contributed by atoms with Crippen LogP contribution in [-0.2, 0) is 22.4 Å². The molecule has 0 unspecified atom stereocenters. The molecule has 0 bridgehead atoms. The number of aryl methyl sites for hydroxylation is 1. The van der Waals surface area contributed by atoms with Crippen LogP contribution in [0.15, 0.2) is 54.2 Å². The summed E-state index contributed by atoms with van der Waals surface area (Å²) in [5.41, 5.74) is 4.03. The standard InChI is InChI=1S/C21H20N4O2S/c26-19(6-5-17-14-28-21(24-17)16-7-10-22-11-8-16)23-13-20(27)25-12-9-15-3-1-2-4-18(15)25/h1-4,7-8,10-11,14H,5-6,9,12-13H2,(H,23,26). The first-order chi connectivity index (χ1) is 13.7. The van der Waals surface area contributed by atoms with Gasteiger partial charge in [-0.05, 0) is 36.6 Å². The molecule has 0 aliphatic carbocycles. The quantitative estimate of drug-likeness (QED) is 0.700. The largest absolute Gasteiger partial charge is 0.347 e. The minimum absolute atomic E-state index is 0.0203. The van der Waals surface area contributed by atoms with Crippen molar-refractivity contribution in [3.63, 3.8) is 0 Å². The topological polar surface area (TPSA) is 75.2 Å². The van der Waals surface area contributed by atoms with Crippen molar-refractivity contribution in [3.05, 3.63) is 65.4 Å². The zero-order valence-electron chi connectivity index (χ0n) is 15.3. The predicted octanol–water partition coefficient (Wildman–Crippen LogP) is 2.84. The first-order valence-electron chi connectivity index (χ1n) is 9.20. The maximum Gasteiger partial charge on any atom is 0.246 e. The van der Waals surface area contributed by atoms with Gasteiger partial charge in [0, 0.05) is 42.0 Å². The lowest BCUT2D eigenvalue weighted by molar-refractivity contribution is -0.124. The zero-order chi connectivity index (χ0) is 19.3. The van der Waals surface area contributed by atoms with E-state index in [1.54, 1.807) is 28.6 Å². The van der Waals surface area contributed by atoms with Gasteiger partial charge in [-0.15, -0.1) is 11.3 Å². The summed E-state index contributed by atoms with van der Waals surface area (Å²) >= 11 is 1.55. The number of hydrogen-bond donors (Lipinski definition) is 1. The molecule has 28 heavy (non-hydrogen) atoms. The molecule has 7 heteroatoms. The van der Waals surface area contributed by atoms with Crippen LogP contribution in [0.4, 0.5) is 5.69 Å². The molecule has 2 amide bonds. The van der Waals surface area contributed by atoms with Gasteiger partial charge in [-0.25, -0.2) is 4.98 Å². The van der Waals surface area contributed by atoms with E-state index in [1.165, 1.54) is 5.56 Å². The number of carbonyl (C=O) groups is 2. The third kappa shape index (κ3) is 4.09. The van der Waals surface area contributed by atoms with Gasteiger partial charge in [0.15, 0.2) is 0 Å². The van der Waals surface area contributed by atoms with Gasteiger partial charge in [-0.2, -0.15) is 0 Å². The van der Waals surface area contributed by atoms with E-state index >= 15 is 0 Å². The maximum atomic E-state index is 12.4. The monoisotopic (exact) mass is 392 g/mol. The van der Waals surface area contributed by atoms with Crippen molar-refractivity contribution in [3.8, 4) is 10.6 Å². The fourth-order valence-electron chi connectivity index (χ4n) is 3.25. The van der Waals surface area contributed by atoms with Crippen LogP contribution < -0.4 is 10.2 Å². The Kier molecular flexibility index (Phi) is 5.43. The second-order valence-corrected chi connectivity index (χ2v) is 7.44. The molecule has 0 saturated carbocycles. The van der Waals surface area contributed by atoms with E-state index < -0.39 is 0 Å². The van der Waals surface area contributed by atoms with Crippen molar-refractivity contribution >= 4 is 28.8 Å². The molecule has 3 heterocycles. The number of nitrogens with one attached hydrogen (secondary N) is 1. The summed E-state index contributed by atoms with van der Waals surface area (Å²) in [5, 5.41) is 5.62. The average molecular weight is 392 g/mol. The number of pyridine rings is 1. The average Bonchev–Trinajstić information content (AvgIpc) is 3.38. The Labute approximate surface area is 167 Å². The molecule has 0 saturated heterocycles. The Morgan fingerprint density at radius 1 is 1.14 bits per heavy atom. The van der Waals surface area contributed by atoms with Crippen LogP contribution >= 0.6 is 11.3 Å². The van der Waals surface area contributed by atoms with Crippen LogP contribution in [0.1, 0.15) is 17.7 Å². The second-order valence-electron chi connectivity index (χ2n) is 6.58. The van der Waals surface area contributed by atoms with E-state index in [2.05, 4.69) is 15.3 Å². The Morgan fingerprint density at radius 3 is 2.82 bits per heavy atom. The summed E-state index contributed by atoms with van der Waals surface area (Å²) in [6.45, 7) is 0.692. The van der Waals surface area contributed by atoms with Crippen LogP contribution in [0.2, 0.25) is 0 Å². The van der Waals surface area contributed by atoms with Gasteiger partial charge in [0.05, 0.1) is 12.2 Å². The van der Waals surface area contributed by atoms with Crippen molar-refractivity contribution < 1.29 is 9.59 Å². The lowest BCUT2D eigenvalue weighted by atomic mass is 10.2. The van der Waals surface area contributed by atoms with Gasteiger partial charge in [0.2, 0.25) is 11.8 Å². The molecule has 1 N–H and O–H groups in total. The zero-order valence-corrected chi connectivity index (χ0v) is 16.1. The molecule has 1 aromatic carbocycles. The molecule has 4 rings (SSSR count). The van der Waals surface area contributed by atoms with Crippen LogP contribution in [-0.4, -0.2) is 34.9 Å². The van der Waals surface area contributed by atoms with E-state index in [4.69, 9.17) is 0 Å². The first-order valence-corrected chi connectivity index (χ1v) is 10.1. The van der Waals surface area contributed by atoms with Crippen LogP contribution in [0, 0.1) is 0 Å². The maximum absolute atomic E-state index is 12.4. The number of para-hydroxylation sites is 1. The summed E-state index contributed by atoms with van der Waals surface area (Å²) in [4.78, 5) is 34.9. The highest BCUT2D eigenvalue weighted by molar-refractivity contribution is 7.13. The van der Waals surface area contributed by atoms with Gasteiger partial charge in [-0.1, -0.05) is 18.2 Å². The number of amides is 2. The number of anilines is 1. The number of carbonyl (C=O) groups excluding carboxylic acids is 2. The molecule has 2 aromatic heterocycles. The summed E-state index contributed by atoms with van der Waals surface area (Å²) in [6, 6.07) is 11.7. The molecule has 0 fully saturated rings. The fraction of sp³-hybridized carbons (Fsp3) is 0.238. The molecular weight excluding hydrogens is 372 g/mol. The first kappa shape index (κ1) is 18.3. The summed E-state index contributed by atoms with van der Waals surface area (Å²) in [6.07, 6.45) is 5.19. The molecule has 142 valence electrons. The number of fused-ring (bicyclic) bond motifs is 1. The Balaban J connectivity index is 1.25. The van der Waals surface area contributed by atoms with Crippen molar-refractivity contribution in [1.29, 1.82) is 0 Å². The third-order valence-corrected chi connectivity index (χ3v) is 5.65. The molecule has 0 radical (unpaired) electrons. The predicted molar refractivity (Wildman–Crippen MR) is 109 cm³/mol. The molecule has 0 spiro atoms. The fourth-order valence-corrected chi connectivity index (χ4v) is 4.11. The van der Waals surface area contributed by atoms with E-state index in [1.807, 2.05) is 41.8 Å². The van der Waals surface area contributed by atoms with E-state index in [-0.39, 0.29) is 18.4 Å². The normalized spacial score (nSPS) is 12.6. The van der Waals surface area contributed by atoms with Crippen LogP contribution in [0.25, 0.3) is 10.6 Å². The van der Waals surface area contributed by atoms with Gasteiger partial charge in [0.25, 0.3) is 0 Å². The van der Waals surface area contributed by atoms with Crippen molar-refractivity contribution in [1.82, 2.24) is 15.3 Å². The molecule has 3 aromatic rings. The minimum atomic E-state index is -0.140. The Hall–Kier alpha value is -3.06. The number of aromatic nitrogens is 2. The van der Waals surface area contributed by atoms with E-state index in [0.717, 1.165) is 28.4 Å². The molecule has 0 atom stereocenters. The molecular formula is C21H20N4O2S. The molecule has 6 nitrogen and oxygen atoms in total. The van der Waals surface area contributed by atoms with Gasteiger partial charge in [0.1, 0.15) is 5.01 Å². The van der Waals surface area contributed by atoms with Crippen molar-refractivity contribution in [2.24, 2.45) is 0 Å². The Bertz CT molecular complexity index is 987. The minimum Gasteiger partial charge on any atom is -0.347 e. The summed E-state index contributed by atoms with van der Waals surface area (Å²) in [7, 11) is 0. The van der Waals surface area contributed by atoms with Gasteiger partial charge < -0.3 is 10.2 Å². The van der Waals surface area contributed by atoms with E-state index in [0.29, 0.717) is 19.4 Å².